The van der Waals surface area contributed by atoms with Crippen LogP contribution in [0.2, 0.25) is 5.02 Å². The average molecular weight is 489 g/mol. The first-order valence-corrected chi connectivity index (χ1v) is 11.8. The minimum Gasteiger partial charge on any atom is -0.455 e. The van der Waals surface area contributed by atoms with E-state index in [0.29, 0.717) is 23.8 Å². The van der Waals surface area contributed by atoms with Crippen LogP contribution in [0.5, 0.6) is 0 Å². The van der Waals surface area contributed by atoms with Crippen molar-refractivity contribution in [2.24, 2.45) is 0 Å². The molecular formula is C22H29ClO8S. The summed E-state index contributed by atoms with van der Waals surface area (Å²) in [5, 5.41) is 0.537. The summed E-state index contributed by atoms with van der Waals surface area (Å²) in [6.07, 6.45) is -2.11. The Morgan fingerprint density at radius 3 is 2.09 bits per heavy atom. The van der Waals surface area contributed by atoms with Gasteiger partial charge in [-0.2, -0.15) is 0 Å². The van der Waals surface area contributed by atoms with Gasteiger partial charge in [0.05, 0.1) is 6.61 Å². The number of hydrogen-bond donors (Lipinski definition) is 0. The van der Waals surface area contributed by atoms with Gasteiger partial charge in [0, 0.05) is 32.4 Å². The van der Waals surface area contributed by atoms with Gasteiger partial charge in [0.1, 0.15) is 11.5 Å². The van der Waals surface area contributed by atoms with Crippen LogP contribution in [0.1, 0.15) is 50.5 Å². The van der Waals surface area contributed by atoms with Gasteiger partial charge in [-0.15, -0.1) is 11.8 Å². The van der Waals surface area contributed by atoms with Crippen molar-refractivity contribution in [1.82, 2.24) is 0 Å². The lowest BCUT2D eigenvalue weighted by Crippen LogP contribution is -2.57. The van der Waals surface area contributed by atoms with Crippen molar-refractivity contribution in [3.8, 4) is 0 Å². The highest BCUT2D eigenvalue weighted by Gasteiger charge is 2.52. The van der Waals surface area contributed by atoms with E-state index in [9.17, 15) is 14.4 Å². The van der Waals surface area contributed by atoms with Crippen molar-refractivity contribution in [3.05, 3.63) is 33.8 Å². The molecule has 0 aromatic heterocycles. The van der Waals surface area contributed by atoms with Crippen LogP contribution in [-0.2, 0) is 44.7 Å². The van der Waals surface area contributed by atoms with Crippen LogP contribution < -0.4 is 0 Å². The minimum absolute atomic E-state index is 0.295. The molecule has 0 radical (unpaired) electrons. The van der Waals surface area contributed by atoms with Gasteiger partial charge >= 0.3 is 17.9 Å². The third-order valence-corrected chi connectivity index (χ3v) is 6.03. The molecule has 1 aliphatic heterocycles. The highest BCUT2D eigenvalue weighted by molar-refractivity contribution is 7.99. The van der Waals surface area contributed by atoms with Crippen LogP contribution in [0.25, 0.3) is 0 Å². The number of ether oxygens (including phenoxy) is 5. The van der Waals surface area contributed by atoms with Crippen LogP contribution in [-0.4, -0.2) is 54.5 Å². The molecule has 1 heterocycles. The van der Waals surface area contributed by atoms with E-state index in [2.05, 4.69) is 0 Å². The van der Waals surface area contributed by atoms with E-state index in [1.807, 2.05) is 19.9 Å². The van der Waals surface area contributed by atoms with Crippen molar-refractivity contribution in [1.29, 1.82) is 0 Å². The SMILES string of the molecule is CCOCc1cc([C@@H]2O[C@H](SC)[C@@H](OC(C)=O)[C@H](OC(C)=O)[C@H]2OC(C)=O)c(C)cc1Cl. The van der Waals surface area contributed by atoms with Gasteiger partial charge in [0.2, 0.25) is 0 Å². The maximum atomic E-state index is 12.0. The first-order valence-electron chi connectivity index (χ1n) is 10.2. The topological polar surface area (TPSA) is 97.4 Å². The molecule has 2 rings (SSSR count). The molecule has 10 heteroatoms. The molecule has 0 unspecified atom stereocenters. The molecule has 0 N–H and O–H groups in total. The van der Waals surface area contributed by atoms with Crippen molar-refractivity contribution < 1.29 is 38.1 Å². The predicted molar refractivity (Wildman–Crippen MR) is 119 cm³/mol. The van der Waals surface area contributed by atoms with Gasteiger partial charge in [0.25, 0.3) is 0 Å². The zero-order chi connectivity index (χ0) is 24.0. The highest BCUT2D eigenvalue weighted by Crippen LogP contribution is 2.42. The van der Waals surface area contributed by atoms with Gasteiger partial charge in [-0.3, -0.25) is 14.4 Å². The van der Waals surface area contributed by atoms with Crippen molar-refractivity contribution in [3.63, 3.8) is 0 Å². The summed E-state index contributed by atoms with van der Waals surface area (Å²) in [4.78, 5) is 35.6. The van der Waals surface area contributed by atoms with Gasteiger partial charge < -0.3 is 23.7 Å². The summed E-state index contributed by atoms with van der Waals surface area (Å²) >= 11 is 7.68. The number of carbonyl (C=O) groups excluding carboxylic acids is 3. The Balaban J connectivity index is 2.60. The zero-order valence-electron chi connectivity index (χ0n) is 19.0. The summed E-state index contributed by atoms with van der Waals surface area (Å²) in [6.45, 7) is 8.28. The molecule has 0 bridgehead atoms. The number of rotatable bonds is 8. The first kappa shape index (κ1) is 26.4. The Kier molecular flexibility index (Phi) is 9.82. The fraction of sp³-hybridized carbons (Fsp3) is 0.591. The van der Waals surface area contributed by atoms with Crippen LogP contribution in [0.15, 0.2) is 12.1 Å². The molecule has 0 aliphatic carbocycles. The van der Waals surface area contributed by atoms with Crippen LogP contribution >= 0.6 is 23.4 Å². The normalized spacial score (nSPS) is 25.2. The average Bonchev–Trinajstić information content (AvgIpc) is 2.69. The second-order valence-electron chi connectivity index (χ2n) is 7.32. The quantitative estimate of drug-likeness (QED) is 0.400. The van der Waals surface area contributed by atoms with Crippen molar-refractivity contribution in [2.75, 3.05) is 12.9 Å². The second kappa shape index (κ2) is 11.9. The second-order valence-corrected chi connectivity index (χ2v) is 8.66. The van der Waals surface area contributed by atoms with E-state index >= 15 is 0 Å². The number of carbonyl (C=O) groups is 3. The van der Waals surface area contributed by atoms with Crippen molar-refractivity contribution in [2.45, 2.75) is 71.1 Å². The Hall–Kier alpha value is -1.81. The van der Waals surface area contributed by atoms with Crippen molar-refractivity contribution >= 4 is 41.3 Å². The monoisotopic (exact) mass is 488 g/mol. The molecule has 32 heavy (non-hydrogen) atoms. The lowest BCUT2D eigenvalue weighted by atomic mass is 9.90. The number of halogens is 1. The molecule has 1 fully saturated rings. The number of esters is 3. The third-order valence-electron chi connectivity index (χ3n) is 4.84. The lowest BCUT2D eigenvalue weighted by molar-refractivity contribution is -0.233. The van der Waals surface area contributed by atoms with E-state index in [1.54, 1.807) is 12.3 Å². The van der Waals surface area contributed by atoms with E-state index in [1.165, 1.54) is 32.5 Å². The Bertz CT molecular complexity index is 845. The Labute approximate surface area is 197 Å². The standard InChI is InChI=1S/C22H29ClO8S/c1-7-27-10-15-9-16(11(2)8-17(15)23)18-19(28-12(3)24)20(29-13(4)25)21(30-14(5)26)22(31-18)32-6/h8-9,18-22H,7,10H2,1-6H3/t18-,19-,20+,21-,22+/m0/s1. The molecule has 8 nitrogen and oxygen atoms in total. The van der Waals surface area contributed by atoms with Crippen LogP contribution in [0, 0.1) is 6.92 Å². The number of aryl methyl sites for hydroxylation is 1. The van der Waals surface area contributed by atoms with E-state index in [-0.39, 0.29) is 0 Å². The Morgan fingerprint density at radius 2 is 1.56 bits per heavy atom. The summed E-state index contributed by atoms with van der Waals surface area (Å²) in [7, 11) is 0. The van der Waals surface area contributed by atoms with Gasteiger partial charge in [-0.1, -0.05) is 11.6 Å². The summed E-state index contributed by atoms with van der Waals surface area (Å²) < 4.78 is 28.3. The summed E-state index contributed by atoms with van der Waals surface area (Å²) in [5.41, 5.74) is 1.56. The fourth-order valence-corrected chi connectivity index (χ4v) is 4.56. The molecule has 1 saturated heterocycles. The first-order chi connectivity index (χ1) is 15.1. The summed E-state index contributed by atoms with van der Waals surface area (Å²) in [5.74, 6) is -1.77. The maximum absolute atomic E-state index is 12.0. The van der Waals surface area contributed by atoms with Crippen LogP contribution in [0.3, 0.4) is 0 Å². The minimum atomic E-state index is -1.07. The molecular weight excluding hydrogens is 460 g/mol. The molecule has 1 aliphatic rings. The molecule has 1 aromatic carbocycles. The molecule has 0 amide bonds. The van der Waals surface area contributed by atoms with E-state index in [0.717, 1.165) is 11.1 Å². The third kappa shape index (κ3) is 6.60. The maximum Gasteiger partial charge on any atom is 0.303 e. The number of thioether (sulfide) groups is 1. The van der Waals surface area contributed by atoms with E-state index in [4.69, 9.17) is 35.3 Å². The molecule has 5 atom stereocenters. The van der Waals surface area contributed by atoms with Crippen LogP contribution in [0.4, 0.5) is 0 Å². The number of hydrogen-bond acceptors (Lipinski definition) is 9. The fourth-order valence-electron chi connectivity index (χ4n) is 3.58. The van der Waals surface area contributed by atoms with Gasteiger partial charge in [-0.25, -0.2) is 0 Å². The lowest BCUT2D eigenvalue weighted by Gasteiger charge is -2.44. The Morgan fingerprint density at radius 1 is 1.00 bits per heavy atom. The highest BCUT2D eigenvalue weighted by atomic mass is 35.5. The summed E-state index contributed by atoms with van der Waals surface area (Å²) in [6, 6.07) is 3.62. The molecule has 1 aromatic rings. The number of benzene rings is 1. The zero-order valence-corrected chi connectivity index (χ0v) is 20.6. The van der Waals surface area contributed by atoms with Gasteiger partial charge in [-0.05, 0) is 48.9 Å². The smallest absolute Gasteiger partial charge is 0.303 e. The predicted octanol–water partition coefficient (Wildman–Crippen LogP) is 3.74. The molecule has 0 saturated carbocycles. The molecule has 0 spiro atoms. The van der Waals surface area contributed by atoms with Gasteiger partial charge in [0.15, 0.2) is 18.3 Å². The molecule has 178 valence electrons. The largest absolute Gasteiger partial charge is 0.455 e. The van der Waals surface area contributed by atoms with E-state index < -0.39 is 47.8 Å².